The molecular formula is C13H17BrN2O. The second-order valence-corrected chi connectivity index (χ2v) is 4.09. The van der Waals surface area contributed by atoms with Crippen molar-refractivity contribution in [1.29, 1.82) is 0 Å². The van der Waals surface area contributed by atoms with Gasteiger partial charge in [0.05, 0.1) is 11.7 Å². The summed E-state index contributed by atoms with van der Waals surface area (Å²) in [7, 11) is 0. The first-order valence-electron chi connectivity index (χ1n) is 5.60. The van der Waals surface area contributed by atoms with E-state index in [1.807, 2.05) is 26.8 Å². The monoisotopic (exact) mass is 296 g/mol. The van der Waals surface area contributed by atoms with E-state index < -0.39 is 0 Å². The molecule has 0 atom stereocenters. The van der Waals surface area contributed by atoms with Crippen molar-refractivity contribution in [3.8, 4) is 5.75 Å². The third-order valence-corrected chi connectivity index (χ3v) is 2.89. The maximum Gasteiger partial charge on any atom is 0.124 e. The van der Waals surface area contributed by atoms with Crippen molar-refractivity contribution in [3.05, 3.63) is 35.0 Å². The zero-order valence-corrected chi connectivity index (χ0v) is 12.0. The Hall–Kier alpha value is -1.29. The number of aromatic amines is 1. The first kappa shape index (κ1) is 13.8. The van der Waals surface area contributed by atoms with Crippen LogP contribution in [-0.2, 0) is 0 Å². The van der Waals surface area contributed by atoms with Crippen LogP contribution < -0.4 is 4.74 Å². The van der Waals surface area contributed by atoms with Crippen LogP contribution in [0.1, 0.15) is 19.4 Å². The van der Waals surface area contributed by atoms with E-state index in [2.05, 4.69) is 32.7 Å². The van der Waals surface area contributed by atoms with Crippen molar-refractivity contribution < 1.29 is 4.74 Å². The normalized spacial score (nSPS) is 9.65. The summed E-state index contributed by atoms with van der Waals surface area (Å²) in [5.74, 6) is 0.857. The number of aromatic nitrogens is 2. The summed E-state index contributed by atoms with van der Waals surface area (Å²) in [4.78, 5) is 0. The average Bonchev–Trinajstić information content (AvgIpc) is 2.84. The minimum atomic E-state index is 0.511. The lowest BCUT2D eigenvalue weighted by Gasteiger charge is -2.08. The highest BCUT2D eigenvalue weighted by atomic mass is 79.9. The Morgan fingerprint density at radius 2 is 2.24 bits per heavy atom. The smallest absolute Gasteiger partial charge is 0.124 e. The molecule has 3 nitrogen and oxygen atoms in total. The summed E-state index contributed by atoms with van der Waals surface area (Å²) in [5, 5.41) is 8.03. The minimum Gasteiger partial charge on any atom is -0.489 e. The van der Waals surface area contributed by atoms with Gasteiger partial charge in [0.1, 0.15) is 12.4 Å². The summed E-state index contributed by atoms with van der Waals surface area (Å²) in [5.41, 5.74) is 2.09. The molecule has 2 aromatic rings. The van der Waals surface area contributed by atoms with Crippen LogP contribution >= 0.6 is 15.9 Å². The van der Waals surface area contributed by atoms with Crippen LogP contribution in [-0.4, -0.2) is 16.8 Å². The Morgan fingerprint density at radius 3 is 2.88 bits per heavy atom. The van der Waals surface area contributed by atoms with Gasteiger partial charge in [-0.2, -0.15) is 5.10 Å². The molecule has 0 saturated heterocycles. The van der Waals surface area contributed by atoms with E-state index >= 15 is 0 Å². The fraction of sp³-hybridized carbons (Fsp3) is 0.308. The first-order chi connectivity index (χ1) is 8.24. The van der Waals surface area contributed by atoms with Gasteiger partial charge in [0, 0.05) is 15.4 Å². The predicted octanol–water partition coefficient (Wildman–Crippen LogP) is 4.22. The van der Waals surface area contributed by atoms with Crippen molar-refractivity contribution in [1.82, 2.24) is 10.2 Å². The van der Waals surface area contributed by atoms with Crippen molar-refractivity contribution in [3.63, 3.8) is 0 Å². The number of hydrogen-bond donors (Lipinski definition) is 1. The second-order valence-electron chi connectivity index (χ2n) is 3.24. The van der Waals surface area contributed by atoms with Gasteiger partial charge >= 0.3 is 0 Å². The molecular weight excluding hydrogens is 280 g/mol. The Morgan fingerprint density at radius 1 is 1.53 bits per heavy atom. The SMILES string of the molecule is C=CCOc1cc(Br)c2[nH]ncc2c1C.CC. The number of rotatable bonds is 3. The molecule has 92 valence electrons. The summed E-state index contributed by atoms with van der Waals surface area (Å²) >= 11 is 3.48. The maximum atomic E-state index is 5.55. The van der Waals surface area contributed by atoms with Gasteiger partial charge in [-0.1, -0.05) is 26.5 Å². The predicted molar refractivity (Wildman–Crippen MR) is 75.6 cm³/mol. The van der Waals surface area contributed by atoms with Crippen LogP contribution in [0, 0.1) is 6.92 Å². The number of hydrogen-bond acceptors (Lipinski definition) is 2. The topological polar surface area (TPSA) is 37.9 Å². The molecule has 0 amide bonds. The Kier molecular flexibility index (Phi) is 5.22. The van der Waals surface area contributed by atoms with Crippen molar-refractivity contribution in [2.45, 2.75) is 20.8 Å². The van der Waals surface area contributed by atoms with Crippen LogP contribution in [0.3, 0.4) is 0 Å². The fourth-order valence-electron chi connectivity index (χ4n) is 1.48. The quantitative estimate of drug-likeness (QED) is 0.861. The lowest BCUT2D eigenvalue weighted by Crippen LogP contribution is -1.95. The number of nitrogens with zero attached hydrogens (tertiary/aromatic N) is 1. The number of H-pyrrole nitrogens is 1. The molecule has 0 unspecified atom stereocenters. The van der Waals surface area contributed by atoms with Gasteiger partial charge in [-0.15, -0.1) is 0 Å². The molecule has 1 heterocycles. The fourth-order valence-corrected chi connectivity index (χ4v) is 1.99. The van der Waals surface area contributed by atoms with Crippen molar-refractivity contribution in [2.75, 3.05) is 6.61 Å². The highest BCUT2D eigenvalue weighted by molar-refractivity contribution is 9.10. The van der Waals surface area contributed by atoms with Crippen molar-refractivity contribution >= 4 is 26.8 Å². The number of aryl methyl sites for hydroxylation is 1. The molecule has 0 bridgehead atoms. The van der Waals surface area contributed by atoms with Gasteiger partial charge < -0.3 is 4.74 Å². The number of fused-ring (bicyclic) bond motifs is 1. The van der Waals surface area contributed by atoms with E-state index in [9.17, 15) is 0 Å². The molecule has 1 N–H and O–H groups in total. The van der Waals surface area contributed by atoms with Crippen LogP contribution in [0.25, 0.3) is 10.9 Å². The van der Waals surface area contributed by atoms with E-state index in [4.69, 9.17) is 4.74 Å². The Bertz CT molecular complexity index is 505. The van der Waals surface area contributed by atoms with E-state index in [0.717, 1.165) is 26.7 Å². The molecule has 0 aliphatic heterocycles. The van der Waals surface area contributed by atoms with E-state index in [1.54, 1.807) is 12.3 Å². The van der Waals surface area contributed by atoms with Crippen LogP contribution in [0.2, 0.25) is 0 Å². The molecule has 0 saturated carbocycles. The third kappa shape index (κ3) is 2.88. The largest absolute Gasteiger partial charge is 0.489 e. The third-order valence-electron chi connectivity index (χ3n) is 2.27. The molecule has 0 aliphatic carbocycles. The van der Waals surface area contributed by atoms with E-state index in [-0.39, 0.29) is 0 Å². The zero-order chi connectivity index (χ0) is 12.8. The molecule has 0 radical (unpaired) electrons. The lowest BCUT2D eigenvalue weighted by atomic mass is 10.1. The van der Waals surface area contributed by atoms with Gasteiger partial charge in [-0.3, -0.25) is 5.10 Å². The summed E-state index contributed by atoms with van der Waals surface area (Å²) in [6, 6.07) is 1.94. The van der Waals surface area contributed by atoms with E-state index in [1.165, 1.54) is 0 Å². The van der Waals surface area contributed by atoms with Gasteiger partial charge in [0.2, 0.25) is 0 Å². The molecule has 0 aliphatic rings. The number of halogens is 1. The average molecular weight is 297 g/mol. The molecule has 0 spiro atoms. The van der Waals surface area contributed by atoms with Gasteiger partial charge in [-0.25, -0.2) is 0 Å². The van der Waals surface area contributed by atoms with Gasteiger partial charge in [0.25, 0.3) is 0 Å². The first-order valence-corrected chi connectivity index (χ1v) is 6.39. The molecule has 2 rings (SSSR count). The minimum absolute atomic E-state index is 0.511. The molecule has 17 heavy (non-hydrogen) atoms. The van der Waals surface area contributed by atoms with Crippen molar-refractivity contribution in [2.24, 2.45) is 0 Å². The maximum absolute atomic E-state index is 5.55. The second kappa shape index (κ2) is 6.45. The lowest BCUT2D eigenvalue weighted by molar-refractivity contribution is 0.361. The summed E-state index contributed by atoms with van der Waals surface area (Å²) in [6.07, 6.45) is 3.53. The standard InChI is InChI=1S/C11H11BrN2O.C2H6/c1-3-4-15-10-5-9(12)11-8(7(10)2)6-13-14-11;1-2/h3,5-6H,1,4H2,2H3,(H,13,14);1-2H3. The van der Waals surface area contributed by atoms with Gasteiger partial charge in [0.15, 0.2) is 0 Å². The Balaban J connectivity index is 0.000000686. The number of nitrogens with one attached hydrogen (secondary N) is 1. The van der Waals surface area contributed by atoms with E-state index in [0.29, 0.717) is 6.61 Å². The van der Waals surface area contributed by atoms with Crippen LogP contribution in [0.5, 0.6) is 5.75 Å². The molecule has 1 aromatic heterocycles. The van der Waals surface area contributed by atoms with Crippen LogP contribution in [0.4, 0.5) is 0 Å². The zero-order valence-electron chi connectivity index (χ0n) is 10.4. The van der Waals surface area contributed by atoms with Crippen LogP contribution in [0.15, 0.2) is 29.4 Å². The highest BCUT2D eigenvalue weighted by Gasteiger charge is 2.09. The molecule has 4 heteroatoms. The van der Waals surface area contributed by atoms with Gasteiger partial charge in [-0.05, 0) is 28.9 Å². The number of ether oxygens (including phenoxy) is 1. The molecule has 1 aromatic carbocycles. The highest BCUT2D eigenvalue weighted by Crippen LogP contribution is 2.32. The summed E-state index contributed by atoms with van der Waals surface area (Å²) in [6.45, 7) is 10.2. The summed E-state index contributed by atoms with van der Waals surface area (Å²) < 4.78 is 6.51. The number of benzene rings is 1. The molecule has 0 fully saturated rings. The Labute approximate surface area is 110 Å².